The zero-order valence-electron chi connectivity index (χ0n) is 9.96. The number of likely N-dealkylation sites (N-methyl/N-ethyl adjacent to an activating group) is 1. The highest BCUT2D eigenvalue weighted by Gasteiger charge is 2.36. The van der Waals surface area contributed by atoms with Gasteiger partial charge in [-0.15, -0.1) is 0 Å². The number of nitrogens with one attached hydrogen (secondary N) is 1. The third-order valence-corrected chi connectivity index (χ3v) is 4.04. The Morgan fingerprint density at radius 2 is 1.88 bits per heavy atom. The van der Waals surface area contributed by atoms with Crippen LogP contribution in [0.2, 0.25) is 0 Å². The van der Waals surface area contributed by atoms with Gasteiger partial charge in [-0.1, -0.05) is 0 Å². The molecule has 2 aliphatic rings. The molecule has 0 amide bonds. The van der Waals surface area contributed by atoms with Gasteiger partial charge in [0.15, 0.2) is 0 Å². The quantitative estimate of drug-likeness (QED) is 0.705. The summed E-state index contributed by atoms with van der Waals surface area (Å²) in [6.45, 7) is 2.37. The second kappa shape index (κ2) is 3.39. The van der Waals surface area contributed by atoms with E-state index in [0.29, 0.717) is 11.8 Å². The molecule has 1 aliphatic carbocycles. The summed E-state index contributed by atoms with van der Waals surface area (Å²) in [5.74, 6) is 1.42. The molecule has 1 aromatic rings. The van der Waals surface area contributed by atoms with Crippen LogP contribution in [-0.2, 0) is 0 Å². The van der Waals surface area contributed by atoms with Crippen molar-refractivity contribution >= 4 is 11.4 Å². The van der Waals surface area contributed by atoms with Crippen molar-refractivity contribution in [2.75, 3.05) is 38.2 Å². The number of rotatable bonds is 1. The molecular weight excluding hydrogens is 198 g/mol. The van der Waals surface area contributed by atoms with E-state index in [2.05, 4.69) is 29.4 Å². The number of anilines is 2. The highest BCUT2D eigenvalue weighted by molar-refractivity contribution is 5.70. The largest absolute Gasteiger partial charge is 0.397 e. The zero-order chi connectivity index (χ0) is 11.3. The molecule has 1 fully saturated rings. The van der Waals surface area contributed by atoms with Crippen molar-refractivity contribution < 1.29 is 0 Å². The molecule has 2 unspecified atom stereocenters. The van der Waals surface area contributed by atoms with E-state index in [4.69, 9.17) is 5.73 Å². The predicted molar refractivity (Wildman–Crippen MR) is 68.0 cm³/mol. The first-order chi connectivity index (χ1) is 7.69. The van der Waals surface area contributed by atoms with Gasteiger partial charge in [-0.25, -0.2) is 0 Å². The summed E-state index contributed by atoms with van der Waals surface area (Å²) in [7, 11) is 4.15. The molecule has 3 nitrogen and oxygen atoms in total. The maximum Gasteiger partial charge on any atom is 0.0574 e. The third kappa shape index (κ3) is 1.31. The molecule has 0 aromatic heterocycles. The Hall–Kier alpha value is -1.22. The molecular formula is C13H19N3. The van der Waals surface area contributed by atoms with Gasteiger partial charge in [0.2, 0.25) is 0 Å². The Morgan fingerprint density at radius 1 is 1.25 bits per heavy atom. The van der Waals surface area contributed by atoms with Gasteiger partial charge in [-0.3, -0.25) is 0 Å². The minimum atomic E-state index is 0.701. The first-order valence-corrected chi connectivity index (χ1v) is 5.98. The fraction of sp³-hybridized carbons (Fsp3) is 0.538. The molecule has 1 saturated heterocycles. The van der Waals surface area contributed by atoms with E-state index in [0.717, 1.165) is 11.4 Å². The predicted octanol–water partition coefficient (Wildman–Crippen LogP) is 1.83. The van der Waals surface area contributed by atoms with Crippen LogP contribution in [0.5, 0.6) is 0 Å². The molecule has 0 spiro atoms. The van der Waals surface area contributed by atoms with Crippen LogP contribution in [0.4, 0.5) is 11.4 Å². The van der Waals surface area contributed by atoms with Gasteiger partial charge >= 0.3 is 0 Å². The zero-order valence-corrected chi connectivity index (χ0v) is 9.96. The van der Waals surface area contributed by atoms with E-state index >= 15 is 0 Å². The number of nitrogens with zero attached hydrogens (tertiary/aromatic N) is 1. The molecule has 0 radical (unpaired) electrons. The monoisotopic (exact) mass is 217 g/mol. The number of nitrogen functional groups attached to an aromatic ring is 1. The summed E-state index contributed by atoms with van der Waals surface area (Å²) in [5.41, 5.74) is 11.0. The topological polar surface area (TPSA) is 41.3 Å². The number of likely N-dealkylation sites (tertiary alicyclic amines) is 1. The Bertz CT molecular complexity index is 427. The molecule has 2 bridgehead atoms. The van der Waals surface area contributed by atoms with Crippen LogP contribution < -0.4 is 11.1 Å². The molecule has 3 N–H and O–H groups in total. The summed E-state index contributed by atoms with van der Waals surface area (Å²) < 4.78 is 0. The maximum atomic E-state index is 6.05. The molecule has 86 valence electrons. The van der Waals surface area contributed by atoms with Gasteiger partial charge in [0.1, 0.15) is 0 Å². The smallest absolute Gasteiger partial charge is 0.0574 e. The SMILES string of the molecule is CNc1cc2c(cc1N)C1CC2CN(C)C1. The van der Waals surface area contributed by atoms with E-state index in [1.54, 1.807) is 0 Å². The van der Waals surface area contributed by atoms with Crippen molar-refractivity contribution in [3.8, 4) is 0 Å². The molecule has 3 heteroatoms. The first-order valence-electron chi connectivity index (χ1n) is 5.98. The Morgan fingerprint density at radius 3 is 2.50 bits per heavy atom. The average Bonchev–Trinajstić information content (AvgIpc) is 2.50. The molecule has 1 aliphatic heterocycles. The van der Waals surface area contributed by atoms with Crippen LogP contribution in [0.25, 0.3) is 0 Å². The lowest BCUT2D eigenvalue weighted by atomic mass is 9.96. The minimum absolute atomic E-state index is 0.701. The Labute approximate surface area is 96.6 Å². The Kier molecular flexibility index (Phi) is 2.11. The minimum Gasteiger partial charge on any atom is -0.397 e. The lowest BCUT2D eigenvalue weighted by molar-refractivity contribution is 0.245. The van der Waals surface area contributed by atoms with Gasteiger partial charge in [0, 0.05) is 20.1 Å². The van der Waals surface area contributed by atoms with Crippen molar-refractivity contribution in [2.45, 2.75) is 18.3 Å². The number of fused-ring (bicyclic) bond motifs is 5. The summed E-state index contributed by atoms with van der Waals surface area (Å²) in [4.78, 5) is 2.44. The average molecular weight is 217 g/mol. The van der Waals surface area contributed by atoms with Crippen LogP contribution in [-0.4, -0.2) is 32.1 Å². The third-order valence-electron chi connectivity index (χ3n) is 4.04. The molecule has 1 aromatic carbocycles. The molecule has 0 saturated carbocycles. The summed E-state index contributed by atoms with van der Waals surface area (Å²) in [6, 6.07) is 4.44. The highest BCUT2D eigenvalue weighted by atomic mass is 15.1. The van der Waals surface area contributed by atoms with Gasteiger partial charge in [0.05, 0.1) is 11.4 Å². The van der Waals surface area contributed by atoms with E-state index < -0.39 is 0 Å². The van der Waals surface area contributed by atoms with Crippen molar-refractivity contribution in [3.63, 3.8) is 0 Å². The molecule has 1 heterocycles. The number of piperidine rings is 1. The van der Waals surface area contributed by atoms with Crippen molar-refractivity contribution in [1.29, 1.82) is 0 Å². The number of nitrogens with two attached hydrogens (primary N) is 1. The highest BCUT2D eigenvalue weighted by Crippen LogP contribution is 2.47. The molecule has 3 rings (SSSR count). The van der Waals surface area contributed by atoms with E-state index in [9.17, 15) is 0 Å². The van der Waals surface area contributed by atoms with Crippen molar-refractivity contribution in [3.05, 3.63) is 23.3 Å². The lowest BCUT2D eigenvalue weighted by Gasteiger charge is -2.28. The van der Waals surface area contributed by atoms with Crippen LogP contribution in [0.15, 0.2) is 12.1 Å². The second-order valence-electron chi connectivity index (χ2n) is 5.17. The van der Waals surface area contributed by atoms with Gasteiger partial charge in [0.25, 0.3) is 0 Å². The molecule has 16 heavy (non-hydrogen) atoms. The second-order valence-corrected chi connectivity index (χ2v) is 5.17. The van der Waals surface area contributed by atoms with Gasteiger partial charge in [-0.05, 0) is 48.6 Å². The lowest BCUT2D eigenvalue weighted by Crippen LogP contribution is -2.31. The van der Waals surface area contributed by atoms with Gasteiger partial charge in [-0.2, -0.15) is 0 Å². The maximum absolute atomic E-state index is 6.05. The van der Waals surface area contributed by atoms with Crippen LogP contribution >= 0.6 is 0 Å². The van der Waals surface area contributed by atoms with Crippen LogP contribution in [0.3, 0.4) is 0 Å². The standard InChI is InChI=1S/C13H19N3/c1-15-13-5-11-9-3-8(6-16(2)7-9)10(11)4-12(13)14/h4-5,8-9,15H,3,6-7,14H2,1-2H3. The summed E-state index contributed by atoms with van der Waals surface area (Å²) in [6.07, 6.45) is 1.31. The van der Waals surface area contributed by atoms with Crippen molar-refractivity contribution in [1.82, 2.24) is 4.90 Å². The van der Waals surface area contributed by atoms with Crippen LogP contribution in [0, 0.1) is 0 Å². The first kappa shape index (κ1) is 9.97. The summed E-state index contributed by atoms with van der Waals surface area (Å²) >= 11 is 0. The van der Waals surface area contributed by atoms with E-state index in [1.165, 1.54) is 30.6 Å². The number of benzene rings is 1. The van der Waals surface area contributed by atoms with Crippen LogP contribution in [0.1, 0.15) is 29.4 Å². The molecule has 2 atom stereocenters. The fourth-order valence-electron chi connectivity index (χ4n) is 3.34. The van der Waals surface area contributed by atoms with E-state index in [-0.39, 0.29) is 0 Å². The number of hydrogen-bond donors (Lipinski definition) is 2. The normalized spacial score (nSPS) is 27.9. The van der Waals surface area contributed by atoms with E-state index in [1.807, 2.05) is 7.05 Å². The Balaban J connectivity index is 2.09. The fourth-order valence-corrected chi connectivity index (χ4v) is 3.34. The van der Waals surface area contributed by atoms with Gasteiger partial charge < -0.3 is 16.0 Å². The summed E-state index contributed by atoms with van der Waals surface area (Å²) in [5, 5.41) is 3.18. The number of hydrogen-bond acceptors (Lipinski definition) is 3. The van der Waals surface area contributed by atoms with Crippen molar-refractivity contribution in [2.24, 2.45) is 0 Å².